The van der Waals surface area contributed by atoms with E-state index in [4.69, 9.17) is 0 Å². The number of nitrogens with zero attached hydrogens (tertiary/aromatic N) is 1. The molecule has 1 saturated carbocycles. The van der Waals surface area contributed by atoms with Gasteiger partial charge in [0, 0.05) is 19.0 Å². The molecule has 3 nitrogen and oxygen atoms in total. The van der Waals surface area contributed by atoms with Crippen LogP contribution in [0.25, 0.3) is 0 Å². The zero-order valence-corrected chi connectivity index (χ0v) is 11.0. The topological polar surface area (TPSA) is 32.3 Å². The van der Waals surface area contributed by atoms with Crippen molar-refractivity contribution >= 4 is 5.91 Å². The molecular weight excluding hydrogens is 212 g/mol. The second-order valence-corrected chi connectivity index (χ2v) is 5.20. The Morgan fingerprint density at radius 3 is 2.59 bits per heavy atom. The summed E-state index contributed by atoms with van der Waals surface area (Å²) in [6, 6.07) is 0. The maximum absolute atomic E-state index is 12.0. The highest BCUT2D eigenvalue weighted by Gasteiger charge is 2.39. The lowest BCUT2D eigenvalue weighted by molar-refractivity contribution is -0.125. The van der Waals surface area contributed by atoms with Gasteiger partial charge in [0.15, 0.2) is 0 Å². The number of carbonyl (C=O) groups is 1. The van der Waals surface area contributed by atoms with E-state index >= 15 is 0 Å². The van der Waals surface area contributed by atoms with E-state index in [1.165, 1.54) is 6.42 Å². The SMILES string of the molecule is CCN(CC)CCNC(=O)C1CC2C=CC1C2. The molecule has 3 atom stereocenters. The average Bonchev–Trinajstić information content (AvgIpc) is 2.96. The quantitative estimate of drug-likeness (QED) is 0.711. The highest BCUT2D eigenvalue weighted by Crippen LogP contribution is 2.43. The molecule has 3 heteroatoms. The third-order valence-electron chi connectivity index (χ3n) is 4.24. The molecule has 0 heterocycles. The molecule has 1 N–H and O–H groups in total. The van der Waals surface area contributed by atoms with Crippen LogP contribution in [0.3, 0.4) is 0 Å². The van der Waals surface area contributed by atoms with Crippen molar-refractivity contribution in [3.8, 4) is 0 Å². The van der Waals surface area contributed by atoms with Gasteiger partial charge in [-0.15, -0.1) is 0 Å². The molecule has 0 aromatic rings. The molecule has 0 aromatic carbocycles. The predicted octanol–water partition coefficient (Wildman–Crippen LogP) is 1.66. The highest BCUT2D eigenvalue weighted by atomic mass is 16.1. The number of rotatable bonds is 6. The number of carbonyl (C=O) groups excluding carboxylic acids is 1. The van der Waals surface area contributed by atoms with Gasteiger partial charge in [0.1, 0.15) is 0 Å². The summed E-state index contributed by atoms with van der Waals surface area (Å²) in [6.45, 7) is 8.19. The number of nitrogens with one attached hydrogen (secondary N) is 1. The fraction of sp³-hybridized carbons (Fsp3) is 0.786. The Morgan fingerprint density at radius 2 is 2.06 bits per heavy atom. The van der Waals surface area contributed by atoms with Crippen LogP contribution in [0.2, 0.25) is 0 Å². The first-order valence-corrected chi connectivity index (χ1v) is 6.93. The van der Waals surface area contributed by atoms with Crippen molar-refractivity contribution in [3.05, 3.63) is 12.2 Å². The van der Waals surface area contributed by atoms with Gasteiger partial charge < -0.3 is 10.2 Å². The molecule has 0 saturated heterocycles. The minimum Gasteiger partial charge on any atom is -0.355 e. The summed E-state index contributed by atoms with van der Waals surface area (Å²) in [5.41, 5.74) is 0. The van der Waals surface area contributed by atoms with Crippen LogP contribution in [0.15, 0.2) is 12.2 Å². The van der Waals surface area contributed by atoms with Crippen LogP contribution in [0, 0.1) is 17.8 Å². The lowest BCUT2D eigenvalue weighted by Gasteiger charge is -2.21. The van der Waals surface area contributed by atoms with E-state index in [0.29, 0.717) is 11.8 Å². The van der Waals surface area contributed by atoms with Crippen molar-refractivity contribution in [1.82, 2.24) is 10.2 Å². The van der Waals surface area contributed by atoms with Crippen LogP contribution in [-0.2, 0) is 4.79 Å². The monoisotopic (exact) mass is 236 g/mol. The summed E-state index contributed by atoms with van der Waals surface area (Å²) >= 11 is 0. The summed E-state index contributed by atoms with van der Waals surface area (Å²) < 4.78 is 0. The van der Waals surface area contributed by atoms with Crippen molar-refractivity contribution in [2.24, 2.45) is 17.8 Å². The van der Waals surface area contributed by atoms with Crippen LogP contribution in [0.5, 0.6) is 0 Å². The Morgan fingerprint density at radius 1 is 1.29 bits per heavy atom. The first kappa shape index (κ1) is 12.6. The van der Waals surface area contributed by atoms with Crippen LogP contribution < -0.4 is 5.32 Å². The van der Waals surface area contributed by atoms with Gasteiger partial charge in [-0.3, -0.25) is 4.79 Å². The van der Waals surface area contributed by atoms with Gasteiger partial charge in [0.05, 0.1) is 0 Å². The van der Waals surface area contributed by atoms with E-state index in [0.717, 1.165) is 32.6 Å². The molecule has 0 aliphatic heterocycles. The number of hydrogen-bond donors (Lipinski definition) is 1. The second kappa shape index (κ2) is 5.67. The molecule has 2 aliphatic carbocycles. The molecule has 0 spiro atoms. The molecule has 17 heavy (non-hydrogen) atoms. The molecule has 96 valence electrons. The molecular formula is C14H24N2O. The second-order valence-electron chi connectivity index (χ2n) is 5.20. The summed E-state index contributed by atoms with van der Waals surface area (Å²) in [7, 11) is 0. The summed E-state index contributed by atoms with van der Waals surface area (Å²) in [4.78, 5) is 14.4. The van der Waals surface area contributed by atoms with Gasteiger partial charge in [-0.2, -0.15) is 0 Å². The Bertz CT molecular complexity index is 297. The van der Waals surface area contributed by atoms with E-state index < -0.39 is 0 Å². The van der Waals surface area contributed by atoms with Gasteiger partial charge in [0.2, 0.25) is 5.91 Å². The van der Waals surface area contributed by atoms with Crippen molar-refractivity contribution in [3.63, 3.8) is 0 Å². The summed E-state index contributed by atoms with van der Waals surface area (Å²) in [5.74, 6) is 1.72. The van der Waals surface area contributed by atoms with Gasteiger partial charge in [-0.05, 0) is 37.8 Å². The fourth-order valence-electron chi connectivity index (χ4n) is 3.09. The summed E-state index contributed by atoms with van der Waals surface area (Å²) in [5, 5.41) is 3.09. The third kappa shape index (κ3) is 2.89. The highest BCUT2D eigenvalue weighted by molar-refractivity contribution is 5.79. The van der Waals surface area contributed by atoms with Gasteiger partial charge >= 0.3 is 0 Å². The first-order chi connectivity index (χ1) is 8.24. The first-order valence-electron chi connectivity index (χ1n) is 6.93. The van der Waals surface area contributed by atoms with Crippen molar-refractivity contribution in [1.29, 1.82) is 0 Å². The average molecular weight is 236 g/mol. The van der Waals surface area contributed by atoms with Crippen LogP contribution in [-0.4, -0.2) is 37.0 Å². The van der Waals surface area contributed by atoms with Gasteiger partial charge in [-0.1, -0.05) is 26.0 Å². The van der Waals surface area contributed by atoms with E-state index in [9.17, 15) is 4.79 Å². The standard InChI is InChI=1S/C14H24N2O/c1-3-16(4-2)8-7-15-14(17)13-10-11-5-6-12(13)9-11/h5-6,11-13H,3-4,7-10H2,1-2H3,(H,15,17). The summed E-state index contributed by atoms with van der Waals surface area (Å²) in [6.07, 6.45) is 6.79. The Labute approximate surface area is 104 Å². The third-order valence-corrected chi connectivity index (χ3v) is 4.24. The fourth-order valence-corrected chi connectivity index (χ4v) is 3.09. The molecule has 3 unspecified atom stereocenters. The maximum atomic E-state index is 12.0. The van der Waals surface area contributed by atoms with Crippen molar-refractivity contribution in [2.45, 2.75) is 26.7 Å². The molecule has 1 amide bonds. The lowest BCUT2D eigenvalue weighted by Crippen LogP contribution is -2.38. The maximum Gasteiger partial charge on any atom is 0.223 e. The van der Waals surface area contributed by atoms with Crippen molar-refractivity contribution < 1.29 is 4.79 Å². The minimum atomic E-state index is 0.252. The Hall–Kier alpha value is -0.830. The number of fused-ring (bicyclic) bond motifs is 2. The molecule has 0 radical (unpaired) electrons. The molecule has 0 aromatic heterocycles. The normalized spacial score (nSPS) is 30.2. The van der Waals surface area contributed by atoms with Crippen LogP contribution in [0.4, 0.5) is 0 Å². The van der Waals surface area contributed by atoms with Crippen LogP contribution >= 0.6 is 0 Å². The van der Waals surface area contributed by atoms with E-state index in [2.05, 4.69) is 36.2 Å². The zero-order valence-electron chi connectivity index (χ0n) is 11.0. The van der Waals surface area contributed by atoms with E-state index in [1.54, 1.807) is 0 Å². The number of amides is 1. The Kier molecular flexibility index (Phi) is 4.21. The van der Waals surface area contributed by atoms with Gasteiger partial charge in [0.25, 0.3) is 0 Å². The minimum absolute atomic E-state index is 0.252. The largest absolute Gasteiger partial charge is 0.355 e. The van der Waals surface area contributed by atoms with E-state index in [1.807, 2.05) is 0 Å². The van der Waals surface area contributed by atoms with E-state index in [-0.39, 0.29) is 11.8 Å². The molecule has 1 fully saturated rings. The lowest BCUT2D eigenvalue weighted by atomic mass is 9.93. The number of allylic oxidation sites excluding steroid dienone is 2. The molecule has 2 rings (SSSR count). The van der Waals surface area contributed by atoms with Crippen molar-refractivity contribution in [2.75, 3.05) is 26.2 Å². The number of likely N-dealkylation sites (N-methyl/N-ethyl adjacent to an activating group) is 1. The Balaban J connectivity index is 1.69. The smallest absolute Gasteiger partial charge is 0.223 e. The predicted molar refractivity (Wildman–Crippen MR) is 69.6 cm³/mol. The molecule has 2 aliphatic rings. The van der Waals surface area contributed by atoms with Crippen LogP contribution in [0.1, 0.15) is 26.7 Å². The molecule has 2 bridgehead atoms. The van der Waals surface area contributed by atoms with Gasteiger partial charge in [-0.25, -0.2) is 0 Å². The zero-order chi connectivity index (χ0) is 12.3. The number of hydrogen-bond acceptors (Lipinski definition) is 2.